The summed E-state index contributed by atoms with van der Waals surface area (Å²) in [6.07, 6.45) is 4.10. The van der Waals surface area contributed by atoms with E-state index in [2.05, 4.69) is 4.98 Å². The number of benzene rings is 1. The Morgan fingerprint density at radius 3 is 2.22 bits per heavy atom. The van der Waals surface area contributed by atoms with Crippen molar-refractivity contribution in [2.24, 2.45) is 5.41 Å². The summed E-state index contributed by atoms with van der Waals surface area (Å²) in [5.41, 5.74) is -0.244. The molecule has 0 amide bonds. The van der Waals surface area contributed by atoms with Crippen molar-refractivity contribution in [1.82, 2.24) is 4.98 Å². The smallest absolute Gasteiger partial charge is 0.134 e. The fourth-order valence-electron chi connectivity index (χ4n) is 2.33. The van der Waals surface area contributed by atoms with E-state index in [4.69, 9.17) is 9.47 Å². The molecule has 1 aromatic carbocycles. The van der Waals surface area contributed by atoms with Gasteiger partial charge in [-0.1, -0.05) is 19.9 Å². The number of aromatic nitrogens is 1. The van der Waals surface area contributed by atoms with E-state index in [1.807, 2.05) is 45.0 Å². The van der Waals surface area contributed by atoms with Crippen LogP contribution in [0, 0.1) is 5.41 Å². The summed E-state index contributed by atoms with van der Waals surface area (Å²) in [7, 11) is 0. The molecule has 0 bridgehead atoms. The van der Waals surface area contributed by atoms with Crippen molar-refractivity contribution in [1.29, 1.82) is 0 Å². The molecule has 5 nitrogen and oxygen atoms in total. The molecule has 2 rings (SSSR count). The van der Waals surface area contributed by atoms with Crippen LogP contribution in [0.15, 0.2) is 54.6 Å². The Kier molecular flexibility index (Phi) is 6.63. The molecule has 0 saturated heterocycles. The molecule has 1 aromatic heterocycles. The van der Waals surface area contributed by atoms with E-state index in [9.17, 15) is 10.2 Å². The third-order valence-electron chi connectivity index (χ3n) is 3.89. The zero-order valence-corrected chi connectivity index (χ0v) is 16.6. The lowest BCUT2D eigenvalue weighted by molar-refractivity contribution is 0.0117. The van der Waals surface area contributed by atoms with E-state index in [1.54, 1.807) is 44.4 Å². The van der Waals surface area contributed by atoms with Gasteiger partial charge in [-0.3, -0.25) is 4.98 Å². The Balaban J connectivity index is 2.28. The number of pyridine rings is 1. The maximum Gasteiger partial charge on any atom is 0.134 e. The van der Waals surface area contributed by atoms with Gasteiger partial charge in [0.2, 0.25) is 0 Å². The molecule has 0 saturated carbocycles. The first kappa shape index (κ1) is 20.9. The van der Waals surface area contributed by atoms with Crippen LogP contribution < -0.4 is 9.47 Å². The largest absolute Gasteiger partial charge is 0.488 e. The van der Waals surface area contributed by atoms with Gasteiger partial charge >= 0.3 is 0 Å². The zero-order valence-electron chi connectivity index (χ0n) is 16.6. The van der Waals surface area contributed by atoms with Crippen LogP contribution >= 0.6 is 0 Å². The molecule has 1 atom stereocenters. The van der Waals surface area contributed by atoms with Crippen LogP contribution in [-0.2, 0) is 0 Å². The lowest BCUT2D eigenvalue weighted by Gasteiger charge is -2.30. The summed E-state index contributed by atoms with van der Waals surface area (Å²) in [4.78, 5) is 4.08. The molecule has 2 aromatic rings. The topological polar surface area (TPSA) is 71.8 Å². The second-order valence-electron chi connectivity index (χ2n) is 8.17. The zero-order chi connectivity index (χ0) is 20.1. The molecule has 0 radical (unpaired) electrons. The van der Waals surface area contributed by atoms with Gasteiger partial charge in [0.25, 0.3) is 0 Å². The Labute approximate surface area is 161 Å². The average Bonchev–Trinajstić information content (AvgIpc) is 2.61. The minimum absolute atomic E-state index is 0.180. The van der Waals surface area contributed by atoms with E-state index in [-0.39, 0.29) is 12.2 Å². The Bertz CT molecular complexity index is 746. The first-order valence-corrected chi connectivity index (χ1v) is 8.98. The molecular weight excluding hydrogens is 342 g/mol. The van der Waals surface area contributed by atoms with Crippen LogP contribution in [0.1, 0.15) is 40.2 Å². The Morgan fingerprint density at radius 2 is 1.70 bits per heavy atom. The van der Waals surface area contributed by atoms with Crippen molar-refractivity contribution in [2.45, 2.75) is 46.3 Å². The van der Waals surface area contributed by atoms with Crippen LogP contribution in [0.4, 0.5) is 0 Å². The van der Waals surface area contributed by atoms with Gasteiger partial charge in [0, 0.05) is 17.8 Å². The number of rotatable bonds is 7. The summed E-state index contributed by atoms with van der Waals surface area (Å²) < 4.78 is 11.8. The van der Waals surface area contributed by atoms with E-state index >= 15 is 0 Å². The van der Waals surface area contributed by atoms with E-state index in [0.717, 1.165) is 11.3 Å². The number of nitrogens with zero attached hydrogens (tertiary/aromatic N) is 1. The van der Waals surface area contributed by atoms with Crippen LogP contribution in [0.5, 0.6) is 11.5 Å². The van der Waals surface area contributed by atoms with Gasteiger partial charge in [0.1, 0.15) is 29.0 Å². The highest BCUT2D eigenvalue weighted by atomic mass is 16.5. The van der Waals surface area contributed by atoms with E-state index in [0.29, 0.717) is 11.5 Å². The highest BCUT2D eigenvalue weighted by Crippen LogP contribution is 2.30. The molecule has 27 heavy (non-hydrogen) atoms. The molecule has 1 unspecified atom stereocenters. The van der Waals surface area contributed by atoms with Crippen molar-refractivity contribution >= 4 is 6.08 Å². The maximum absolute atomic E-state index is 10.8. The number of ether oxygens (including phenoxy) is 2. The normalized spacial score (nSPS) is 14.0. The summed E-state index contributed by atoms with van der Waals surface area (Å²) in [6.45, 7) is 9.33. The van der Waals surface area contributed by atoms with E-state index < -0.39 is 11.5 Å². The van der Waals surface area contributed by atoms with Gasteiger partial charge in [-0.25, -0.2) is 0 Å². The first-order valence-electron chi connectivity index (χ1n) is 8.98. The lowest BCUT2D eigenvalue weighted by Crippen LogP contribution is -2.36. The maximum atomic E-state index is 10.8. The fourth-order valence-corrected chi connectivity index (χ4v) is 2.33. The highest BCUT2D eigenvalue weighted by molar-refractivity contribution is 5.52. The molecule has 0 spiro atoms. The number of hydrogen-bond acceptors (Lipinski definition) is 5. The molecular formula is C22H29NO4. The van der Waals surface area contributed by atoms with Crippen molar-refractivity contribution in [3.63, 3.8) is 0 Å². The summed E-state index contributed by atoms with van der Waals surface area (Å²) >= 11 is 0. The van der Waals surface area contributed by atoms with Crippen LogP contribution in [-0.4, -0.2) is 33.5 Å². The van der Waals surface area contributed by atoms with Gasteiger partial charge in [0.15, 0.2) is 0 Å². The van der Waals surface area contributed by atoms with Gasteiger partial charge in [0.05, 0.1) is 6.61 Å². The van der Waals surface area contributed by atoms with Crippen molar-refractivity contribution < 1.29 is 19.7 Å². The summed E-state index contributed by atoms with van der Waals surface area (Å²) in [5, 5.41) is 20.4. The van der Waals surface area contributed by atoms with Crippen molar-refractivity contribution in [3.8, 4) is 11.5 Å². The Hall–Kier alpha value is -2.37. The van der Waals surface area contributed by atoms with Gasteiger partial charge in [-0.05, 0) is 62.7 Å². The van der Waals surface area contributed by atoms with Crippen LogP contribution in [0.3, 0.4) is 0 Å². The number of hydrogen-bond donors (Lipinski definition) is 2. The molecule has 146 valence electrons. The van der Waals surface area contributed by atoms with Crippen molar-refractivity contribution in [2.75, 3.05) is 6.61 Å². The third kappa shape index (κ3) is 6.38. The molecule has 0 aliphatic carbocycles. The van der Waals surface area contributed by atoms with Crippen molar-refractivity contribution in [3.05, 3.63) is 60.1 Å². The summed E-state index contributed by atoms with van der Waals surface area (Å²) in [6, 6.07) is 10.9. The summed E-state index contributed by atoms with van der Waals surface area (Å²) in [5.74, 6) is 1.65. The minimum Gasteiger partial charge on any atom is -0.488 e. The number of aliphatic hydroxyl groups excluding tert-OH is 2. The van der Waals surface area contributed by atoms with Gasteiger partial charge < -0.3 is 19.7 Å². The standard InChI is InChI=1S/C22H29NO4/c1-21(2,3)27-18-10-8-17(9-11-18)26-19(20(25)22(4,5)15-24)13-16-7-6-12-23-14-16/h6-14,20,24-25H,15H2,1-5H3. The van der Waals surface area contributed by atoms with E-state index in [1.165, 1.54) is 0 Å². The minimum atomic E-state index is -0.992. The van der Waals surface area contributed by atoms with Crippen LogP contribution in [0.25, 0.3) is 6.08 Å². The predicted molar refractivity (Wildman–Crippen MR) is 107 cm³/mol. The molecule has 0 aliphatic rings. The second-order valence-corrected chi connectivity index (χ2v) is 8.17. The Morgan fingerprint density at radius 1 is 1.07 bits per heavy atom. The third-order valence-corrected chi connectivity index (χ3v) is 3.89. The molecule has 0 aliphatic heterocycles. The molecule has 2 N–H and O–H groups in total. The average molecular weight is 371 g/mol. The molecule has 0 fully saturated rings. The fraction of sp³-hybridized carbons (Fsp3) is 0.409. The molecule has 1 heterocycles. The lowest BCUT2D eigenvalue weighted by atomic mass is 9.86. The molecule has 5 heteroatoms. The second kappa shape index (κ2) is 8.55. The highest BCUT2D eigenvalue weighted by Gasteiger charge is 2.31. The van der Waals surface area contributed by atoms with Crippen LogP contribution in [0.2, 0.25) is 0 Å². The van der Waals surface area contributed by atoms with Gasteiger partial charge in [-0.2, -0.15) is 0 Å². The first-order chi connectivity index (χ1) is 12.6. The predicted octanol–water partition coefficient (Wildman–Crippen LogP) is 4.06. The van der Waals surface area contributed by atoms with Gasteiger partial charge in [-0.15, -0.1) is 0 Å². The SMILES string of the molecule is CC(C)(C)Oc1ccc(OC(=Cc2cccnc2)C(O)C(C)(C)CO)cc1. The number of aliphatic hydroxyl groups is 2. The monoisotopic (exact) mass is 371 g/mol. The quantitative estimate of drug-likeness (QED) is 0.718.